The zero-order valence-corrected chi connectivity index (χ0v) is 23.9. The minimum absolute atomic E-state index is 0.0636. The fourth-order valence-corrected chi connectivity index (χ4v) is 5.93. The van der Waals surface area contributed by atoms with E-state index in [1.807, 2.05) is 45.0 Å². The van der Waals surface area contributed by atoms with E-state index in [-0.39, 0.29) is 17.3 Å². The predicted octanol–water partition coefficient (Wildman–Crippen LogP) is 5.01. The molecule has 1 N–H and O–H groups in total. The summed E-state index contributed by atoms with van der Waals surface area (Å²) < 4.78 is 28.9. The number of benzene rings is 3. The van der Waals surface area contributed by atoms with Gasteiger partial charge >= 0.3 is 0 Å². The maximum atomic E-state index is 13.9. The maximum Gasteiger partial charge on any atom is 0.264 e. The zero-order valence-electron chi connectivity index (χ0n) is 22.4. The van der Waals surface area contributed by atoms with Crippen LogP contribution in [0, 0.1) is 20.8 Å². The van der Waals surface area contributed by atoms with E-state index in [9.17, 15) is 18.0 Å². The van der Waals surface area contributed by atoms with Gasteiger partial charge in [-0.15, -0.1) is 0 Å². The SMILES string of the molecule is CC[C@H](C(=O)NC)N(Cc1ccc(C)cc1)C(=O)CN(c1ccc(Cl)cc1C)S(=O)(=O)c1ccc(C)cc1. The van der Waals surface area contributed by atoms with Gasteiger partial charge in [0.05, 0.1) is 10.6 Å². The number of rotatable bonds is 10. The van der Waals surface area contributed by atoms with Crippen molar-refractivity contribution in [1.29, 1.82) is 0 Å². The van der Waals surface area contributed by atoms with Crippen LogP contribution in [0.3, 0.4) is 0 Å². The third-order valence-electron chi connectivity index (χ3n) is 6.42. The average molecular weight is 556 g/mol. The van der Waals surface area contributed by atoms with Gasteiger partial charge in [0.15, 0.2) is 0 Å². The van der Waals surface area contributed by atoms with Crippen LogP contribution in [0.5, 0.6) is 0 Å². The van der Waals surface area contributed by atoms with Crippen LogP contribution in [0.25, 0.3) is 0 Å². The molecule has 0 aromatic heterocycles. The van der Waals surface area contributed by atoms with Crippen LogP contribution >= 0.6 is 11.6 Å². The van der Waals surface area contributed by atoms with Crippen molar-refractivity contribution >= 4 is 39.1 Å². The Bertz CT molecular complexity index is 1390. The zero-order chi connectivity index (χ0) is 28.0. The van der Waals surface area contributed by atoms with Gasteiger partial charge in [0.2, 0.25) is 11.8 Å². The van der Waals surface area contributed by atoms with Gasteiger partial charge in [0.1, 0.15) is 12.6 Å². The number of anilines is 1. The standard InChI is InChI=1S/C29H34ClN3O4S/c1-6-26(29(35)31-5)32(18-23-11-7-20(2)8-12-23)28(34)19-33(27-16-13-24(30)17-22(27)4)38(36,37)25-14-9-21(3)10-15-25/h7-17,26H,6,18-19H2,1-5H3,(H,31,35)/t26-/m1/s1. The molecule has 0 aliphatic heterocycles. The first-order valence-electron chi connectivity index (χ1n) is 12.4. The molecule has 0 fully saturated rings. The average Bonchev–Trinajstić information content (AvgIpc) is 2.88. The van der Waals surface area contributed by atoms with E-state index in [1.54, 1.807) is 37.3 Å². The van der Waals surface area contributed by atoms with E-state index in [0.29, 0.717) is 22.7 Å². The third kappa shape index (κ3) is 6.74. The van der Waals surface area contributed by atoms with Crippen molar-refractivity contribution in [3.8, 4) is 0 Å². The van der Waals surface area contributed by atoms with Crippen LogP contribution in [-0.4, -0.2) is 44.8 Å². The Morgan fingerprint density at radius 1 is 0.921 bits per heavy atom. The van der Waals surface area contributed by atoms with Crippen molar-refractivity contribution in [3.63, 3.8) is 0 Å². The molecule has 38 heavy (non-hydrogen) atoms. The van der Waals surface area contributed by atoms with Gasteiger partial charge in [0, 0.05) is 18.6 Å². The lowest BCUT2D eigenvalue weighted by molar-refractivity contribution is -0.140. The fourth-order valence-electron chi connectivity index (χ4n) is 4.23. The Balaban J connectivity index is 2.09. The first kappa shape index (κ1) is 29.2. The minimum atomic E-state index is -4.13. The van der Waals surface area contributed by atoms with Crippen molar-refractivity contribution in [2.75, 3.05) is 17.9 Å². The molecule has 0 aliphatic carbocycles. The summed E-state index contributed by atoms with van der Waals surface area (Å²) in [5.41, 5.74) is 3.76. The van der Waals surface area contributed by atoms with E-state index in [1.165, 1.54) is 24.1 Å². The fraction of sp³-hybridized carbons (Fsp3) is 0.310. The Morgan fingerprint density at radius 2 is 1.50 bits per heavy atom. The van der Waals surface area contributed by atoms with Gasteiger partial charge in [0.25, 0.3) is 10.0 Å². The summed E-state index contributed by atoms with van der Waals surface area (Å²) in [6, 6.07) is 18.2. The Kier molecular flexibility index (Phi) is 9.57. The second-order valence-electron chi connectivity index (χ2n) is 9.30. The van der Waals surface area contributed by atoms with E-state index in [4.69, 9.17) is 11.6 Å². The first-order chi connectivity index (χ1) is 18.0. The largest absolute Gasteiger partial charge is 0.357 e. The molecule has 3 rings (SSSR count). The van der Waals surface area contributed by atoms with E-state index in [0.717, 1.165) is 21.0 Å². The van der Waals surface area contributed by atoms with Crippen LogP contribution < -0.4 is 9.62 Å². The number of nitrogens with zero attached hydrogens (tertiary/aromatic N) is 2. The van der Waals surface area contributed by atoms with E-state index in [2.05, 4.69) is 5.32 Å². The monoisotopic (exact) mass is 555 g/mol. The van der Waals surface area contributed by atoms with Crippen LogP contribution in [0.1, 0.15) is 35.6 Å². The highest BCUT2D eigenvalue weighted by Gasteiger charge is 2.34. The molecule has 1 atom stereocenters. The van der Waals surface area contributed by atoms with Gasteiger partial charge in [-0.3, -0.25) is 13.9 Å². The molecule has 9 heteroatoms. The van der Waals surface area contributed by atoms with Crippen molar-refractivity contribution < 1.29 is 18.0 Å². The molecular formula is C29H34ClN3O4S. The summed E-state index contributed by atoms with van der Waals surface area (Å²) in [7, 11) is -2.61. The van der Waals surface area contributed by atoms with Crippen molar-refractivity contribution in [2.24, 2.45) is 0 Å². The topological polar surface area (TPSA) is 86.8 Å². The van der Waals surface area contributed by atoms with Gasteiger partial charge in [-0.1, -0.05) is 66.0 Å². The van der Waals surface area contributed by atoms with E-state index >= 15 is 0 Å². The summed E-state index contributed by atoms with van der Waals surface area (Å²) in [4.78, 5) is 28.2. The lowest BCUT2D eigenvalue weighted by Crippen LogP contribution is -2.51. The molecule has 0 aliphatic rings. The highest BCUT2D eigenvalue weighted by atomic mass is 35.5. The summed E-state index contributed by atoms with van der Waals surface area (Å²) in [6.45, 7) is 7.06. The number of likely N-dealkylation sites (N-methyl/N-ethyl adjacent to an activating group) is 1. The molecule has 0 unspecified atom stereocenters. The van der Waals surface area contributed by atoms with E-state index < -0.39 is 28.5 Å². The summed E-state index contributed by atoms with van der Waals surface area (Å²) in [6.07, 6.45) is 0.363. The number of amides is 2. The number of nitrogens with one attached hydrogen (secondary N) is 1. The summed E-state index contributed by atoms with van der Waals surface area (Å²) in [5.74, 6) is -0.811. The number of halogens is 1. The molecule has 202 valence electrons. The number of aryl methyl sites for hydroxylation is 3. The number of hydrogen-bond donors (Lipinski definition) is 1. The van der Waals surface area contributed by atoms with Crippen LogP contribution in [0.15, 0.2) is 71.6 Å². The number of carbonyl (C=O) groups is 2. The Hall–Kier alpha value is -3.36. The minimum Gasteiger partial charge on any atom is -0.357 e. The quantitative estimate of drug-likeness (QED) is 0.381. The molecule has 0 saturated heterocycles. The molecule has 3 aromatic rings. The molecule has 0 saturated carbocycles. The number of sulfonamides is 1. The van der Waals surface area contributed by atoms with Crippen molar-refractivity contribution in [1.82, 2.24) is 10.2 Å². The van der Waals surface area contributed by atoms with Gasteiger partial charge in [-0.25, -0.2) is 8.42 Å². The van der Waals surface area contributed by atoms with Gasteiger partial charge in [-0.05, 0) is 68.7 Å². The summed E-state index contributed by atoms with van der Waals surface area (Å²) >= 11 is 6.15. The molecule has 7 nitrogen and oxygen atoms in total. The Morgan fingerprint density at radius 3 is 2.03 bits per heavy atom. The van der Waals surface area contributed by atoms with Crippen LogP contribution in [0.4, 0.5) is 5.69 Å². The van der Waals surface area contributed by atoms with Crippen LogP contribution in [0.2, 0.25) is 5.02 Å². The van der Waals surface area contributed by atoms with Crippen molar-refractivity contribution in [2.45, 2.75) is 51.6 Å². The lowest BCUT2D eigenvalue weighted by Gasteiger charge is -2.33. The highest BCUT2D eigenvalue weighted by molar-refractivity contribution is 7.92. The predicted molar refractivity (Wildman–Crippen MR) is 152 cm³/mol. The van der Waals surface area contributed by atoms with Gasteiger partial charge in [-0.2, -0.15) is 0 Å². The second kappa shape index (κ2) is 12.5. The van der Waals surface area contributed by atoms with Gasteiger partial charge < -0.3 is 10.2 Å². The highest BCUT2D eigenvalue weighted by Crippen LogP contribution is 2.29. The third-order valence-corrected chi connectivity index (χ3v) is 8.43. The molecular weight excluding hydrogens is 522 g/mol. The molecule has 0 radical (unpaired) electrons. The first-order valence-corrected chi connectivity index (χ1v) is 14.2. The second-order valence-corrected chi connectivity index (χ2v) is 11.6. The van der Waals surface area contributed by atoms with Crippen LogP contribution in [-0.2, 0) is 26.2 Å². The smallest absolute Gasteiger partial charge is 0.264 e. The molecule has 2 amide bonds. The molecule has 0 heterocycles. The summed E-state index contributed by atoms with van der Waals surface area (Å²) in [5, 5.41) is 3.08. The molecule has 3 aromatic carbocycles. The van der Waals surface area contributed by atoms with Crippen molar-refractivity contribution in [3.05, 3.63) is 94.0 Å². The molecule has 0 bridgehead atoms. The Labute approximate surface area is 230 Å². The number of carbonyl (C=O) groups excluding carboxylic acids is 2. The number of hydrogen-bond acceptors (Lipinski definition) is 4. The normalized spacial score (nSPS) is 12.1. The molecule has 0 spiro atoms. The lowest BCUT2D eigenvalue weighted by atomic mass is 10.1. The maximum absolute atomic E-state index is 13.9.